The number of hydrogen-bond acceptors (Lipinski definition) is 4. The van der Waals surface area contributed by atoms with E-state index in [9.17, 15) is 9.90 Å². The standard InChI is InChI=1S/C16H12N4O2/c1-9-4-5-10-6-7-12(19-14(10)18-9)20-15(21)11-3-2-8-17-13(11)16(20)22/h2-8,17,22H,1H3. The summed E-state index contributed by atoms with van der Waals surface area (Å²) in [7, 11) is 0. The summed E-state index contributed by atoms with van der Waals surface area (Å²) in [5, 5.41) is 11.2. The molecule has 22 heavy (non-hydrogen) atoms. The number of pyridine rings is 3. The van der Waals surface area contributed by atoms with E-state index in [0.29, 0.717) is 22.7 Å². The Balaban J connectivity index is 2.04. The summed E-state index contributed by atoms with van der Waals surface area (Å²) >= 11 is 0. The van der Waals surface area contributed by atoms with E-state index in [4.69, 9.17) is 0 Å². The summed E-state index contributed by atoms with van der Waals surface area (Å²) in [4.78, 5) is 24.1. The fourth-order valence-electron chi connectivity index (χ4n) is 2.55. The summed E-state index contributed by atoms with van der Waals surface area (Å²) in [5.41, 5.74) is 1.88. The predicted molar refractivity (Wildman–Crippen MR) is 82.5 cm³/mol. The number of nitrogens with zero attached hydrogens (tertiary/aromatic N) is 3. The van der Waals surface area contributed by atoms with Crippen LogP contribution in [0.15, 0.2) is 47.4 Å². The third-order valence-corrected chi connectivity index (χ3v) is 3.63. The normalized spacial score (nSPS) is 11.3. The van der Waals surface area contributed by atoms with Gasteiger partial charge in [-0.1, -0.05) is 0 Å². The summed E-state index contributed by atoms with van der Waals surface area (Å²) < 4.78 is 1.19. The second-order valence-corrected chi connectivity index (χ2v) is 5.09. The van der Waals surface area contributed by atoms with E-state index in [2.05, 4.69) is 15.0 Å². The molecule has 6 heteroatoms. The molecule has 2 aromatic heterocycles. The lowest BCUT2D eigenvalue weighted by molar-refractivity contribution is 0.440. The second kappa shape index (κ2) is 4.42. The van der Waals surface area contributed by atoms with Gasteiger partial charge in [0.1, 0.15) is 11.5 Å². The van der Waals surface area contributed by atoms with Crippen LogP contribution in [0.3, 0.4) is 0 Å². The van der Waals surface area contributed by atoms with Gasteiger partial charge in [-0.3, -0.25) is 4.79 Å². The predicted octanol–water partition coefficient (Wildman–Crippen LogP) is 2.23. The van der Waals surface area contributed by atoms with E-state index in [0.717, 1.165) is 11.1 Å². The number of rotatable bonds is 1. The van der Waals surface area contributed by atoms with E-state index < -0.39 is 0 Å². The Bertz CT molecular complexity index is 1030. The first-order valence-electron chi connectivity index (χ1n) is 6.81. The molecule has 0 saturated heterocycles. The number of aromatic nitrogens is 4. The molecule has 0 spiro atoms. The maximum atomic E-state index is 12.5. The maximum absolute atomic E-state index is 12.5. The highest BCUT2D eigenvalue weighted by Gasteiger charge is 2.22. The van der Waals surface area contributed by atoms with Crippen LogP contribution in [0.4, 0.5) is 0 Å². The SMILES string of the molecule is Cc1ccc2ccc(-n3c(O)c4[nH]cccc-4c3=O)nc2n1. The fraction of sp³-hybridized carbons (Fsp3) is 0.0625. The summed E-state index contributed by atoms with van der Waals surface area (Å²) in [6.45, 7) is 1.88. The first kappa shape index (κ1) is 12.6. The molecule has 0 fully saturated rings. The monoisotopic (exact) mass is 292 g/mol. The number of nitrogens with one attached hydrogen (secondary N) is 1. The van der Waals surface area contributed by atoms with Gasteiger partial charge in [-0.25, -0.2) is 14.5 Å². The lowest BCUT2D eigenvalue weighted by atomic mass is 10.2. The molecule has 0 unspecified atom stereocenters. The van der Waals surface area contributed by atoms with Crippen LogP contribution in [0.25, 0.3) is 28.1 Å². The first-order chi connectivity index (χ1) is 10.6. The molecule has 0 aliphatic carbocycles. The highest BCUT2D eigenvalue weighted by atomic mass is 16.3. The van der Waals surface area contributed by atoms with Crippen LogP contribution in [0.5, 0.6) is 5.88 Å². The lowest BCUT2D eigenvalue weighted by Crippen LogP contribution is -2.14. The van der Waals surface area contributed by atoms with Crippen molar-refractivity contribution >= 4 is 11.0 Å². The number of aromatic amines is 1. The molecule has 0 aromatic carbocycles. The molecular formula is C16H12N4O2. The average molecular weight is 292 g/mol. The number of hydrogen-bond donors (Lipinski definition) is 2. The van der Waals surface area contributed by atoms with Crippen molar-refractivity contribution in [3.8, 4) is 23.0 Å². The summed E-state index contributed by atoms with van der Waals surface area (Å²) in [6.07, 6.45) is 1.66. The van der Waals surface area contributed by atoms with Gasteiger partial charge >= 0.3 is 0 Å². The van der Waals surface area contributed by atoms with Crippen molar-refractivity contribution in [1.29, 1.82) is 0 Å². The number of aromatic hydroxyl groups is 1. The molecule has 0 saturated carbocycles. The molecule has 4 heterocycles. The van der Waals surface area contributed by atoms with E-state index in [1.165, 1.54) is 4.57 Å². The smallest absolute Gasteiger partial charge is 0.268 e. The van der Waals surface area contributed by atoms with Crippen LogP contribution < -0.4 is 5.56 Å². The van der Waals surface area contributed by atoms with E-state index >= 15 is 0 Å². The van der Waals surface area contributed by atoms with Crippen molar-refractivity contribution in [2.24, 2.45) is 0 Å². The molecule has 2 aliphatic rings. The quantitative estimate of drug-likeness (QED) is 0.563. The van der Waals surface area contributed by atoms with Gasteiger partial charge in [0.2, 0.25) is 5.88 Å². The van der Waals surface area contributed by atoms with Crippen molar-refractivity contribution < 1.29 is 5.11 Å². The van der Waals surface area contributed by atoms with Gasteiger partial charge in [0.25, 0.3) is 5.56 Å². The van der Waals surface area contributed by atoms with Crippen molar-refractivity contribution in [2.75, 3.05) is 0 Å². The van der Waals surface area contributed by atoms with Gasteiger partial charge in [-0.05, 0) is 43.3 Å². The highest BCUT2D eigenvalue weighted by Crippen LogP contribution is 2.29. The molecule has 0 amide bonds. The molecule has 2 aromatic rings. The maximum Gasteiger partial charge on any atom is 0.268 e. The van der Waals surface area contributed by atoms with Crippen LogP contribution in [0, 0.1) is 6.92 Å². The minimum Gasteiger partial charge on any atom is -0.493 e. The minimum atomic E-state index is -0.316. The zero-order chi connectivity index (χ0) is 15.3. The molecule has 2 aliphatic heterocycles. The lowest BCUT2D eigenvalue weighted by Gasteiger charge is -2.04. The molecule has 6 nitrogen and oxygen atoms in total. The molecule has 0 bridgehead atoms. The number of fused-ring (bicyclic) bond motifs is 2. The Hall–Kier alpha value is -3.15. The summed E-state index contributed by atoms with van der Waals surface area (Å²) in [5.74, 6) is 0.192. The van der Waals surface area contributed by atoms with Gasteiger partial charge in [-0.15, -0.1) is 0 Å². The van der Waals surface area contributed by atoms with Gasteiger partial charge < -0.3 is 10.1 Å². The average Bonchev–Trinajstić information content (AvgIpc) is 2.79. The van der Waals surface area contributed by atoms with E-state index in [1.807, 2.05) is 25.1 Å². The Morgan fingerprint density at radius 3 is 2.77 bits per heavy atom. The Morgan fingerprint density at radius 1 is 1.14 bits per heavy atom. The largest absolute Gasteiger partial charge is 0.493 e. The molecule has 0 atom stereocenters. The van der Waals surface area contributed by atoms with Crippen LogP contribution in [-0.4, -0.2) is 24.6 Å². The van der Waals surface area contributed by atoms with E-state index in [-0.39, 0.29) is 11.4 Å². The fourth-order valence-corrected chi connectivity index (χ4v) is 2.55. The highest BCUT2D eigenvalue weighted by molar-refractivity contribution is 5.76. The van der Waals surface area contributed by atoms with Crippen molar-refractivity contribution in [3.05, 3.63) is 58.6 Å². The Labute approximate surface area is 125 Å². The van der Waals surface area contributed by atoms with Gasteiger partial charge in [0.05, 0.1) is 5.56 Å². The molecular weight excluding hydrogens is 280 g/mol. The molecule has 0 radical (unpaired) electrons. The van der Waals surface area contributed by atoms with Crippen molar-refractivity contribution in [1.82, 2.24) is 19.5 Å². The third kappa shape index (κ3) is 1.70. The first-order valence-corrected chi connectivity index (χ1v) is 6.81. The molecule has 108 valence electrons. The van der Waals surface area contributed by atoms with Crippen LogP contribution >= 0.6 is 0 Å². The molecule has 2 N–H and O–H groups in total. The van der Waals surface area contributed by atoms with Crippen molar-refractivity contribution in [2.45, 2.75) is 6.92 Å². The van der Waals surface area contributed by atoms with Crippen molar-refractivity contribution in [3.63, 3.8) is 0 Å². The second-order valence-electron chi connectivity index (χ2n) is 5.09. The number of aryl methyl sites for hydroxylation is 1. The Kier molecular flexibility index (Phi) is 2.53. The Morgan fingerprint density at radius 2 is 1.95 bits per heavy atom. The van der Waals surface area contributed by atoms with Crippen LogP contribution in [0.1, 0.15) is 5.69 Å². The number of H-pyrrole nitrogens is 1. The third-order valence-electron chi connectivity index (χ3n) is 3.63. The van der Waals surface area contributed by atoms with Crippen LogP contribution in [0.2, 0.25) is 0 Å². The van der Waals surface area contributed by atoms with Crippen LogP contribution in [-0.2, 0) is 0 Å². The summed E-state index contributed by atoms with van der Waals surface area (Å²) in [6, 6.07) is 10.7. The molecule has 4 rings (SSSR count). The van der Waals surface area contributed by atoms with Gasteiger partial charge in [-0.2, -0.15) is 0 Å². The van der Waals surface area contributed by atoms with E-state index in [1.54, 1.807) is 24.4 Å². The van der Waals surface area contributed by atoms with Gasteiger partial charge in [0, 0.05) is 17.3 Å². The minimum absolute atomic E-state index is 0.153. The van der Waals surface area contributed by atoms with Gasteiger partial charge in [0.15, 0.2) is 5.65 Å². The topological polar surface area (TPSA) is 83.8 Å². The zero-order valence-electron chi connectivity index (χ0n) is 11.7. The zero-order valence-corrected chi connectivity index (χ0v) is 11.7.